The second-order valence-electron chi connectivity index (χ2n) is 9.15. The minimum atomic E-state index is -0.111. The predicted molar refractivity (Wildman–Crippen MR) is 126 cm³/mol. The van der Waals surface area contributed by atoms with E-state index in [1.807, 2.05) is 25.1 Å². The Morgan fingerprint density at radius 3 is 2.79 bits per heavy atom. The van der Waals surface area contributed by atoms with Crippen LogP contribution in [-0.2, 0) is 16.8 Å². The summed E-state index contributed by atoms with van der Waals surface area (Å²) in [5, 5.41) is 3.73. The Hall–Kier alpha value is -3.35. The summed E-state index contributed by atoms with van der Waals surface area (Å²) in [6, 6.07) is 11.7. The monoisotopic (exact) mass is 447 g/mol. The van der Waals surface area contributed by atoms with Gasteiger partial charge in [-0.2, -0.15) is 0 Å². The normalized spacial score (nSPS) is 16.6. The summed E-state index contributed by atoms with van der Waals surface area (Å²) < 4.78 is 12.6. The van der Waals surface area contributed by atoms with E-state index in [0.29, 0.717) is 24.0 Å². The van der Waals surface area contributed by atoms with E-state index in [2.05, 4.69) is 22.4 Å². The fourth-order valence-electron chi connectivity index (χ4n) is 5.10. The van der Waals surface area contributed by atoms with E-state index in [-0.39, 0.29) is 30.1 Å². The van der Waals surface area contributed by atoms with Crippen LogP contribution < -0.4 is 20.3 Å². The summed E-state index contributed by atoms with van der Waals surface area (Å²) in [7, 11) is 0. The molecule has 7 nitrogen and oxygen atoms in total. The molecule has 0 radical (unpaired) electrons. The molecule has 2 aromatic carbocycles. The molecule has 0 bridgehead atoms. The highest BCUT2D eigenvalue weighted by molar-refractivity contribution is 5.80. The highest BCUT2D eigenvalue weighted by atomic mass is 16.7. The SMILES string of the molecule is Cc1cccc2c(=O)n(CCC(=O)NCC3(c4ccc5c(c4)OCO5)CCCCC3)cnc12. The number of carbonyl (C=O) groups excluding carboxylic acids is 1. The third-order valence-electron chi connectivity index (χ3n) is 7.05. The number of nitrogens with zero attached hydrogens (tertiary/aromatic N) is 2. The van der Waals surface area contributed by atoms with Gasteiger partial charge in [0.1, 0.15) is 0 Å². The van der Waals surface area contributed by atoms with Crippen LogP contribution in [0.1, 0.15) is 49.7 Å². The van der Waals surface area contributed by atoms with E-state index in [4.69, 9.17) is 9.47 Å². The van der Waals surface area contributed by atoms with Crippen molar-refractivity contribution < 1.29 is 14.3 Å². The topological polar surface area (TPSA) is 82.5 Å². The summed E-state index contributed by atoms with van der Waals surface area (Å²) >= 11 is 0. The van der Waals surface area contributed by atoms with Gasteiger partial charge in [0.2, 0.25) is 12.7 Å². The highest BCUT2D eigenvalue weighted by Crippen LogP contribution is 2.43. The molecule has 33 heavy (non-hydrogen) atoms. The Labute approximate surface area is 192 Å². The molecule has 0 saturated heterocycles. The molecule has 1 fully saturated rings. The number of nitrogens with one attached hydrogen (secondary N) is 1. The number of benzene rings is 2. The van der Waals surface area contributed by atoms with Crippen molar-refractivity contribution in [3.05, 3.63) is 64.2 Å². The van der Waals surface area contributed by atoms with Crippen LogP contribution in [0, 0.1) is 6.92 Å². The van der Waals surface area contributed by atoms with Gasteiger partial charge in [0.25, 0.3) is 5.56 Å². The molecule has 1 saturated carbocycles. The Bertz CT molecular complexity index is 1240. The van der Waals surface area contributed by atoms with Crippen molar-refractivity contribution in [2.24, 2.45) is 0 Å². The van der Waals surface area contributed by atoms with Gasteiger partial charge < -0.3 is 14.8 Å². The van der Waals surface area contributed by atoms with Gasteiger partial charge >= 0.3 is 0 Å². The maximum atomic E-state index is 12.8. The molecule has 172 valence electrons. The largest absolute Gasteiger partial charge is 0.454 e. The first-order chi connectivity index (χ1) is 16.1. The van der Waals surface area contributed by atoms with Gasteiger partial charge in [-0.1, -0.05) is 37.5 Å². The standard InChI is InChI=1S/C26H29N3O4/c1-18-6-5-7-20-24(18)28-16-29(25(20)31)13-10-23(30)27-15-26(11-3-2-4-12-26)19-8-9-21-22(14-19)33-17-32-21/h5-9,14,16H,2-4,10-13,15,17H2,1H3,(H,27,30). The quantitative estimate of drug-likeness (QED) is 0.621. The van der Waals surface area contributed by atoms with E-state index >= 15 is 0 Å². The Morgan fingerprint density at radius 2 is 1.94 bits per heavy atom. The molecule has 2 aliphatic rings. The third-order valence-corrected chi connectivity index (χ3v) is 7.05. The van der Waals surface area contributed by atoms with Crippen LogP contribution in [0.25, 0.3) is 10.9 Å². The predicted octanol–water partition coefficient (Wildman–Crippen LogP) is 3.84. The van der Waals surface area contributed by atoms with Crippen LogP contribution in [0.5, 0.6) is 11.5 Å². The van der Waals surface area contributed by atoms with Crippen molar-refractivity contribution in [2.45, 2.75) is 57.4 Å². The van der Waals surface area contributed by atoms with Crippen LogP contribution in [0.3, 0.4) is 0 Å². The van der Waals surface area contributed by atoms with Gasteiger partial charge in [-0.25, -0.2) is 4.98 Å². The maximum absolute atomic E-state index is 12.8. The van der Waals surface area contributed by atoms with Gasteiger partial charge in [-0.3, -0.25) is 14.2 Å². The van der Waals surface area contributed by atoms with E-state index in [9.17, 15) is 9.59 Å². The number of aryl methyl sites for hydroxylation is 2. The van der Waals surface area contributed by atoms with Crippen LogP contribution in [0.4, 0.5) is 0 Å². The molecule has 0 spiro atoms. The molecule has 1 amide bonds. The van der Waals surface area contributed by atoms with Crippen LogP contribution in [0.2, 0.25) is 0 Å². The van der Waals surface area contributed by atoms with Crippen LogP contribution in [-0.4, -0.2) is 28.8 Å². The number of aromatic nitrogens is 2. The molecule has 1 N–H and O–H groups in total. The molecule has 1 aliphatic heterocycles. The molecular weight excluding hydrogens is 418 g/mol. The van der Waals surface area contributed by atoms with E-state index < -0.39 is 0 Å². The first-order valence-electron chi connectivity index (χ1n) is 11.7. The molecule has 1 aliphatic carbocycles. The summed E-state index contributed by atoms with van der Waals surface area (Å²) in [6.07, 6.45) is 7.33. The lowest BCUT2D eigenvalue weighted by Crippen LogP contribution is -2.42. The van der Waals surface area contributed by atoms with Gasteiger partial charge in [-0.15, -0.1) is 0 Å². The lowest BCUT2D eigenvalue weighted by atomic mass is 9.69. The number of carbonyl (C=O) groups is 1. The molecule has 2 heterocycles. The smallest absolute Gasteiger partial charge is 0.261 e. The molecule has 7 heteroatoms. The number of hydrogen-bond acceptors (Lipinski definition) is 5. The third kappa shape index (κ3) is 4.19. The minimum absolute atomic E-state index is 0.0584. The van der Waals surface area contributed by atoms with Crippen LogP contribution in [0.15, 0.2) is 47.5 Å². The highest BCUT2D eigenvalue weighted by Gasteiger charge is 2.35. The number of hydrogen-bond donors (Lipinski definition) is 1. The average Bonchev–Trinajstić information content (AvgIpc) is 3.31. The zero-order valence-electron chi connectivity index (χ0n) is 18.9. The second-order valence-corrected chi connectivity index (χ2v) is 9.15. The molecule has 3 aromatic rings. The van der Waals surface area contributed by atoms with E-state index in [1.165, 1.54) is 16.6 Å². The van der Waals surface area contributed by atoms with Crippen molar-refractivity contribution in [3.8, 4) is 11.5 Å². The first-order valence-corrected chi connectivity index (χ1v) is 11.7. The number of amides is 1. The number of para-hydroxylation sites is 1. The van der Waals surface area contributed by atoms with E-state index in [0.717, 1.165) is 42.7 Å². The fourth-order valence-corrected chi connectivity index (χ4v) is 5.10. The summed E-state index contributed by atoms with van der Waals surface area (Å²) in [6.45, 7) is 3.08. The number of ether oxygens (including phenoxy) is 2. The van der Waals surface area contributed by atoms with Gasteiger partial charge in [0, 0.05) is 24.9 Å². The lowest BCUT2D eigenvalue weighted by molar-refractivity contribution is -0.121. The Kier molecular flexibility index (Phi) is 5.79. The average molecular weight is 448 g/mol. The van der Waals surface area contributed by atoms with Crippen LogP contribution >= 0.6 is 0 Å². The summed E-state index contributed by atoms with van der Waals surface area (Å²) in [5.74, 6) is 1.50. The molecule has 1 aromatic heterocycles. The van der Waals surface area contributed by atoms with Gasteiger partial charge in [0.05, 0.1) is 17.2 Å². The summed E-state index contributed by atoms with van der Waals surface area (Å²) in [4.78, 5) is 30.0. The van der Waals surface area contributed by atoms with Crippen molar-refractivity contribution in [3.63, 3.8) is 0 Å². The van der Waals surface area contributed by atoms with Crippen molar-refractivity contribution in [2.75, 3.05) is 13.3 Å². The minimum Gasteiger partial charge on any atom is -0.454 e. The molecule has 0 atom stereocenters. The Balaban J connectivity index is 1.27. The second kappa shape index (κ2) is 8.89. The van der Waals surface area contributed by atoms with Crippen molar-refractivity contribution in [1.82, 2.24) is 14.9 Å². The van der Waals surface area contributed by atoms with Crippen molar-refractivity contribution in [1.29, 1.82) is 0 Å². The van der Waals surface area contributed by atoms with E-state index in [1.54, 1.807) is 12.4 Å². The molecule has 5 rings (SSSR count). The maximum Gasteiger partial charge on any atom is 0.261 e. The molecule has 0 unspecified atom stereocenters. The number of fused-ring (bicyclic) bond motifs is 2. The zero-order valence-corrected chi connectivity index (χ0v) is 18.9. The summed E-state index contributed by atoms with van der Waals surface area (Å²) in [5.41, 5.74) is 2.66. The lowest BCUT2D eigenvalue weighted by Gasteiger charge is -2.38. The van der Waals surface area contributed by atoms with Crippen molar-refractivity contribution >= 4 is 16.8 Å². The molecular formula is C26H29N3O4. The zero-order chi connectivity index (χ0) is 22.8. The Morgan fingerprint density at radius 1 is 1.12 bits per heavy atom. The number of rotatable bonds is 6. The van der Waals surface area contributed by atoms with Gasteiger partial charge in [0.15, 0.2) is 11.5 Å². The fraction of sp³-hybridized carbons (Fsp3) is 0.423. The van der Waals surface area contributed by atoms with Gasteiger partial charge in [-0.05, 0) is 49.1 Å². The first kappa shape index (κ1) is 21.5.